The van der Waals surface area contributed by atoms with E-state index in [0.29, 0.717) is 24.2 Å². The van der Waals surface area contributed by atoms with Crippen molar-refractivity contribution in [3.05, 3.63) is 23.8 Å². The number of urea groups is 1. The number of aryl methyl sites for hydroxylation is 1. The van der Waals surface area contributed by atoms with Crippen LogP contribution in [-0.2, 0) is 14.8 Å². The maximum absolute atomic E-state index is 12.6. The fourth-order valence-corrected chi connectivity index (χ4v) is 4.93. The minimum atomic E-state index is -3.63. The third-order valence-corrected chi connectivity index (χ3v) is 6.59. The highest BCUT2D eigenvalue weighted by Gasteiger charge is 2.32. The Balaban J connectivity index is 1.74. The molecule has 1 saturated heterocycles. The Bertz CT molecular complexity index is 851. The number of carbonyl (C=O) groups excluding carboxylic acids is 1. The Kier molecular flexibility index (Phi) is 5.43. The topological polar surface area (TPSA) is 116 Å². The molecule has 1 saturated carbocycles. The monoisotopic (exact) mass is 395 g/mol. The number of rotatable bonds is 5. The molecule has 3 N–H and O–H groups in total. The van der Waals surface area contributed by atoms with Gasteiger partial charge in [0.05, 0.1) is 10.8 Å². The molecule has 3 rings (SSSR count). The first-order valence-electron chi connectivity index (χ1n) is 9.07. The van der Waals surface area contributed by atoms with Crippen LogP contribution in [-0.4, -0.2) is 49.6 Å². The molecule has 0 radical (unpaired) electrons. The van der Waals surface area contributed by atoms with Crippen molar-refractivity contribution >= 4 is 27.7 Å². The number of piperidine rings is 1. The first-order chi connectivity index (χ1) is 12.7. The number of hydrogen-bond acceptors (Lipinski definition) is 4. The van der Waals surface area contributed by atoms with E-state index >= 15 is 0 Å². The number of likely N-dealkylation sites (tertiary alicyclic amines) is 1. The van der Waals surface area contributed by atoms with Gasteiger partial charge in [-0.3, -0.25) is 4.79 Å². The lowest BCUT2D eigenvalue weighted by Gasteiger charge is -2.34. The predicted octanol–water partition coefficient (Wildman–Crippen LogP) is 2.01. The van der Waals surface area contributed by atoms with Gasteiger partial charge in [0.25, 0.3) is 0 Å². The summed E-state index contributed by atoms with van der Waals surface area (Å²) in [5.41, 5.74) is 0.963. The maximum atomic E-state index is 12.6. The highest BCUT2D eigenvalue weighted by Crippen LogP contribution is 2.26. The van der Waals surface area contributed by atoms with E-state index in [4.69, 9.17) is 0 Å². The van der Waals surface area contributed by atoms with Crippen LogP contribution in [0.2, 0.25) is 0 Å². The first kappa shape index (κ1) is 19.6. The summed E-state index contributed by atoms with van der Waals surface area (Å²) < 4.78 is 27.6. The summed E-state index contributed by atoms with van der Waals surface area (Å²) in [6, 6.07) is 4.31. The standard InChI is InChI=1S/C18H25N3O5S/c1-11-7-13(17(22)23)10-21(9-11)18(24)19-15-4-3-12(2)16(8-15)27(25,26)20-14-5-6-14/h3-4,8,11,13-14,20H,5-7,9-10H2,1-2H3,(H,19,24)(H,22,23). The molecule has 2 unspecified atom stereocenters. The minimum absolute atomic E-state index is 0.00423. The van der Waals surface area contributed by atoms with E-state index in [9.17, 15) is 23.1 Å². The van der Waals surface area contributed by atoms with E-state index in [1.807, 2.05) is 6.92 Å². The van der Waals surface area contributed by atoms with Gasteiger partial charge >= 0.3 is 12.0 Å². The molecule has 0 bridgehead atoms. The molecule has 2 fully saturated rings. The normalized spacial score (nSPS) is 23.1. The van der Waals surface area contributed by atoms with Crippen LogP contribution in [0.4, 0.5) is 10.5 Å². The molecule has 9 heteroatoms. The van der Waals surface area contributed by atoms with E-state index in [2.05, 4.69) is 10.0 Å². The largest absolute Gasteiger partial charge is 0.481 e. The highest BCUT2D eigenvalue weighted by atomic mass is 32.2. The van der Waals surface area contributed by atoms with E-state index in [0.717, 1.165) is 12.8 Å². The van der Waals surface area contributed by atoms with E-state index in [1.165, 1.54) is 11.0 Å². The number of anilines is 1. The molecule has 2 aliphatic rings. The number of carboxylic acid groups (broad SMARTS) is 1. The highest BCUT2D eigenvalue weighted by molar-refractivity contribution is 7.89. The van der Waals surface area contributed by atoms with Gasteiger partial charge in [-0.25, -0.2) is 17.9 Å². The molecule has 1 aliphatic heterocycles. The van der Waals surface area contributed by atoms with Gasteiger partial charge in [0, 0.05) is 24.8 Å². The van der Waals surface area contributed by atoms with Crippen LogP contribution in [0.15, 0.2) is 23.1 Å². The van der Waals surface area contributed by atoms with Gasteiger partial charge in [0.1, 0.15) is 0 Å². The van der Waals surface area contributed by atoms with Crippen molar-refractivity contribution in [2.24, 2.45) is 11.8 Å². The smallest absolute Gasteiger partial charge is 0.321 e. The fourth-order valence-electron chi connectivity index (χ4n) is 3.35. The van der Waals surface area contributed by atoms with Gasteiger partial charge in [-0.2, -0.15) is 0 Å². The second-order valence-electron chi connectivity index (χ2n) is 7.59. The first-order valence-corrected chi connectivity index (χ1v) is 10.6. The predicted molar refractivity (Wildman–Crippen MR) is 100 cm³/mol. The Hall–Kier alpha value is -2.13. The van der Waals surface area contributed by atoms with Gasteiger partial charge in [0.15, 0.2) is 0 Å². The molecular formula is C18H25N3O5S. The number of carboxylic acids is 1. The third-order valence-electron chi connectivity index (χ3n) is 4.92. The molecule has 1 aromatic carbocycles. The molecule has 148 valence electrons. The second kappa shape index (κ2) is 7.47. The molecule has 1 aromatic rings. The van der Waals surface area contributed by atoms with Crippen LogP contribution in [0.3, 0.4) is 0 Å². The van der Waals surface area contributed by atoms with Crippen LogP contribution in [0, 0.1) is 18.8 Å². The lowest BCUT2D eigenvalue weighted by Crippen LogP contribution is -2.47. The van der Waals surface area contributed by atoms with E-state index in [-0.39, 0.29) is 23.4 Å². The van der Waals surface area contributed by atoms with Crippen LogP contribution in [0.1, 0.15) is 31.7 Å². The number of benzene rings is 1. The lowest BCUT2D eigenvalue weighted by atomic mass is 9.91. The van der Waals surface area contributed by atoms with Crippen molar-refractivity contribution in [1.29, 1.82) is 0 Å². The molecule has 0 spiro atoms. The minimum Gasteiger partial charge on any atom is -0.481 e. The summed E-state index contributed by atoms with van der Waals surface area (Å²) in [4.78, 5) is 25.5. The van der Waals surface area contributed by atoms with Crippen molar-refractivity contribution in [2.75, 3.05) is 18.4 Å². The van der Waals surface area contributed by atoms with E-state index < -0.39 is 27.9 Å². The second-order valence-corrected chi connectivity index (χ2v) is 9.27. The van der Waals surface area contributed by atoms with Crippen molar-refractivity contribution in [3.63, 3.8) is 0 Å². The average Bonchev–Trinajstić information content (AvgIpc) is 3.39. The summed E-state index contributed by atoms with van der Waals surface area (Å²) in [5.74, 6) is -1.41. The molecule has 8 nitrogen and oxygen atoms in total. The molecule has 1 heterocycles. The Morgan fingerprint density at radius 2 is 1.93 bits per heavy atom. The molecular weight excluding hydrogens is 370 g/mol. The number of sulfonamides is 1. The lowest BCUT2D eigenvalue weighted by molar-refractivity contribution is -0.143. The van der Waals surface area contributed by atoms with Gasteiger partial charge in [-0.15, -0.1) is 0 Å². The van der Waals surface area contributed by atoms with Crippen molar-refractivity contribution < 1.29 is 23.1 Å². The number of carbonyl (C=O) groups is 2. The third kappa shape index (κ3) is 4.78. The van der Waals surface area contributed by atoms with Crippen molar-refractivity contribution in [3.8, 4) is 0 Å². The van der Waals surface area contributed by atoms with E-state index in [1.54, 1.807) is 19.1 Å². The van der Waals surface area contributed by atoms with Crippen molar-refractivity contribution in [1.82, 2.24) is 9.62 Å². The quantitative estimate of drug-likeness (QED) is 0.705. The zero-order valence-corrected chi connectivity index (χ0v) is 16.3. The SMILES string of the molecule is Cc1ccc(NC(=O)N2CC(C)CC(C(=O)O)C2)cc1S(=O)(=O)NC1CC1. The summed E-state index contributed by atoms with van der Waals surface area (Å²) >= 11 is 0. The Morgan fingerprint density at radius 1 is 1.22 bits per heavy atom. The van der Waals surface area contributed by atoms with Gasteiger partial charge in [-0.1, -0.05) is 13.0 Å². The fraction of sp³-hybridized carbons (Fsp3) is 0.556. The average molecular weight is 395 g/mol. The number of nitrogens with zero attached hydrogens (tertiary/aromatic N) is 1. The van der Waals surface area contributed by atoms with Crippen LogP contribution in [0.25, 0.3) is 0 Å². The van der Waals surface area contributed by atoms with Crippen molar-refractivity contribution in [2.45, 2.75) is 44.0 Å². The molecule has 27 heavy (non-hydrogen) atoms. The number of nitrogens with one attached hydrogen (secondary N) is 2. The zero-order valence-electron chi connectivity index (χ0n) is 15.4. The Morgan fingerprint density at radius 3 is 2.56 bits per heavy atom. The van der Waals surface area contributed by atoms with Crippen LogP contribution < -0.4 is 10.0 Å². The van der Waals surface area contributed by atoms with Gasteiger partial charge in [-0.05, 0) is 49.8 Å². The molecule has 1 aliphatic carbocycles. The van der Waals surface area contributed by atoms with Gasteiger partial charge < -0.3 is 15.3 Å². The number of amides is 2. The molecule has 2 atom stereocenters. The summed E-state index contributed by atoms with van der Waals surface area (Å²) in [7, 11) is -3.63. The van der Waals surface area contributed by atoms with Crippen LogP contribution >= 0.6 is 0 Å². The summed E-state index contributed by atoms with van der Waals surface area (Å²) in [5, 5.41) is 11.9. The maximum Gasteiger partial charge on any atom is 0.321 e. The number of aliphatic carboxylic acids is 1. The summed E-state index contributed by atoms with van der Waals surface area (Å²) in [6.45, 7) is 4.23. The van der Waals surface area contributed by atoms with Crippen LogP contribution in [0.5, 0.6) is 0 Å². The summed E-state index contributed by atoms with van der Waals surface area (Å²) in [6.07, 6.45) is 2.22. The molecule has 0 aromatic heterocycles. The number of hydrogen-bond donors (Lipinski definition) is 3. The van der Waals surface area contributed by atoms with Gasteiger partial charge in [0.2, 0.25) is 10.0 Å². The zero-order chi connectivity index (χ0) is 19.8. The molecule has 2 amide bonds. The Labute approximate surface area is 159 Å².